The number of methoxy groups -OCH3 is 1. The molecule has 0 aliphatic carbocycles. The Kier molecular flexibility index (Phi) is 6.08. The van der Waals surface area contributed by atoms with Crippen molar-refractivity contribution >= 4 is 23.8 Å². The summed E-state index contributed by atoms with van der Waals surface area (Å²) in [6.45, 7) is 3.85. The molecule has 0 saturated carbocycles. The van der Waals surface area contributed by atoms with Crippen LogP contribution in [0.1, 0.15) is 13.8 Å². The number of hydrogen-bond donors (Lipinski definition) is 2. The number of anilines is 2. The van der Waals surface area contributed by atoms with E-state index in [1.54, 1.807) is 13.8 Å². The minimum atomic E-state index is -0.643. The molecule has 0 aliphatic heterocycles. The number of hydrogen-bond acceptors (Lipinski definition) is 6. The van der Waals surface area contributed by atoms with E-state index in [0.29, 0.717) is 5.75 Å². The summed E-state index contributed by atoms with van der Waals surface area (Å²) in [4.78, 5) is 26.7. The maximum absolute atomic E-state index is 11.3. The third-order valence-electron chi connectivity index (χ3n) is 2.05. The van der Waals surface area contributed by atoms with Crippen molar-refractivity contribution in [1.29, 1.82) is 0 Å². The van der Waals surface area contributed by atoms with E-state index in [9.17, 15) is 9.59 Å². The van der Waals surface area contributed by atoms with Crippen molar-refractivity contribution in [1.82, 2.24) is 4.98 Å². The van der Waals surface area contributed by atoms with Crippen LogP contribution in [0.5, 0.6) is 5.75 Å². The van der Waals surface area contributed by atoms with Gasteiger partial charge in [0.25, 0.3) is 0 Å². The molecule has 0 fully saturated rings. The van der Waals surface area contributed by atoms with E-state index < -0.39 is 12.2 Å². The van der Waals surface area contributed by atoms with Gasteiger partial charge in [-0.3, -0.25) is 10.6 Å². The lowest BCUT2D eigenvalue weighted by Crippen LogP contribution is -2.17. The summed E-state index contributed by atoms with van der Waals surface area (Å²) in [7, 11) is 1.46. The van der Waals surface area contributed by atoms with Gasteiger partial charge in [0.1, 0.15) is 17.4 Å². The minimum Gasteiger partial charge on any atom is -0.496 e. The van der Waals surface area contributed by atoms with Gasteiger partial charge in [-0.2, -0.15) is 0 Å². The molecule has 1 aromatic rings. The molecule has 0 unspecified atom stereocenters. The third kappa shape index (κ3) is 5.01. The van der Waals surface area contributed by atoms with Crippen LogP contribution in [0.2, 0.25) is 0 Å². The molecule has 20 heavy (non-hydrogen) atoms. The van der Waals surface area contributed by atoms with Crippen LogP contribution in [0.3, 0.4) is 0 Å². The lowest BCUT2D eigenvalue weighted by molar-refractivity contribution is 0.167. The van der Waals surface area contributed by atoms with E-state index in [0.717, 1.165) is 0 Å². The maximum Gasteiger partial charge on any atom is 0.412 e. The molecular formula is C12H17N3O5. The van der Waals surface area contributed by atoms with E-state index >= 15 is 0 Å². The summed E-state index contributed by atoms with van der Waals surface area (Å²) in [5, 5.41) is 4.84. The van der Waals surface area contributed by atoms with Gasteiger partial charge >= 0.3 is 12.2 Å². The summed E-state index contributed by atoms with van der Waals surface area (Å²) in [5.74, 6) is 0.794. The highest BCUT2D eigenvalue weighted by Crippen LogP contribution is 2.20. The Morgan fingerprint density at radius 1 is 1.05 bits per heavy atom. The topological polar surface area (TPSA) is 98.8 Å². The summed E-state index contributed by atoms with van der Waals surface area (Å²) in [5.41, 5.74) is 0. The Morgan fingerprint density at radius 2 is 1.50 bits per heavy atom. The second-order valence-electron chi connectivity index (χ2n) is 3.47. The molecule has 1 heterocycles. The molecule has 2 N–H and O–H groups in total. The van der Waals surface area contributed by atoms with Gasteiger partial charge in [-0.25, -0.2) is 14.6 Å². The molecule has 0 atom stereocenters. The van der Waals surface area contributed by atoms with Crippen molar-refractivity contribution in [3.05, 3.63) is 12.1 Å². The first-order valence-electron chi connectivity index (χ1n) is 6.02. The van der Waals surface area contributed by atoms with Crippen molar-refractivity contribution in [2.75, 3.05) is 31.0 Å². The smallest absolute Gasteiger partial charge is 0.412 e. The van der Waals surface area contributed by atoms with Crippen LogP contribution in [0.25, 0.3) is 0 Å². The quantitative estimate of drug-likeness (QED) is 0.859. The Balaban J connectivity index is 2.84. The summed E-state index contributed by atoms with van der Waals surface area (Å²) in [6.07, 6.45) is -1.29. The molecule has 1 rings (SSSR count). The van der Waals surface area contributed by atoms with Crippen LogP contribution in [-0.2, 0) is 9.47 Å². The standard InChI is InChI=1S/C12H17N3O5/c1-4-19-11(16)14-9-6-8(18-3)7-10(13-9)15-12(17)20-5-2/h6-7H,4-5H2,1-3H3,(H2,13,14,15,16,17). The predicted molar refractivity (Wildman–Crippen MR) is 72.1 cm³/mol. The van der Waals surface area contributed by atoms with Gasteiger partial charge in [-0.15, -0.1) is 0 Å². The Morgan fingerprint density at radius 3 is 1.85 bits per heavy atom. The van der Waals surface area contributed by atoms with Crippen LogP contribution in [0, 0.1) is 0 Å². The molecule has 0 radical (unpaired) electrons. The normalized spacial score (nSPS) is 9.55. The summed E-state index contributed by atoms with van der Waals surface area (Å²) < 4.78 is 14.5. The third-order valence-corrected chi connectivity index (χ3v) is 2.05. The molecule has 0 saturated heterocycles. The monoisotopic (exact) mass is 283 g/mol. The van der Waals surface area contributed by atoms with Gasteiger partial charge in [-0.1, -0.05) is 0 Å². The van der Waals surface area contributed by atoms with Crippen molar-refractivity contribution in [2.45, 2.75) is 13.8 Å². The summed E-state index contributed by atoms with van der Waals surface area (Å²) in [6, 6.07) is 2.99. The molecule has 1 aromatic heterocycles. The van der Waals surface area contributed by atoms with Crippen LogP contribution < -0.4 is 15.4 Å². The summed E-state index contributed by atoms with van der Waals surface area (Å²) >= 11 is 0. The van der Waals surface area contributed by atoms with Gasteiger partial charge in [0.2, 0.25) is 0 Å². The number of nitrogens with zero attached hydrogens (tertiary/aromatic N) is 1. The van der Waals surface area contributed by atoms with Crippen LogP contribution in [0.4, 0.5) is 21.2 Å². The predicted octanol–water partition coefficient (Wildman–Crippen LogP) is 2.23. The second kappa shape index (κ2) is 7.82. The Bertz CT molecular complexity index is 440. The average Bonchev–Trinajstić information content (AvgIpc) is 2.38. The lowest BCUT2D eigenvalue weighted by atomic mass is 10.4. The molecule has 0 aliphatic rings. The van der Waals surface area contributed by atoms with E-state index in [1.165, 1.54) is 19.2 Å². The molecular weight excluding hydrogens is 266 g/mol. The zero-order valence-corrected chi connectivity index (χ0v) is 11.6. The highest BCUT2D eigenvalue weighted by Gasteiger charge is 2.10. The van der Waals surface area contributed by atoms with Crippen molar-refractivity contribution in [3.63, 3.8) is 0 Å². The molecule has 8 heteroatoms. The molecule has 0 bridgehead atoms. The number of carbonyl (C=O) groups is 2. The van der Waals surface area contributed by atoms with E-state index in [1.807, 2.05) is 0 Å². The van der Waals surface area contributed by atoms with E-state index in [2.05, 4.69) is 15.6 Å². The van der Waals surface area contributed by atoms with Gasteiger partial charge in [0.05, 0.1) is 20.3 Å². The molecule has 0 aromatic carbocycles. The SMILES string of the molecule is CCOC(=O)Nc1cc(OC)cc(NC(=O)OCC)n1. The van der Waals surface area contributed by atoms with Crippen LogP contribution >= 0.6 is 0 Å². The van der Waals surface area contributed by atoms with E-state index in [-0.39, 0.29) is 24.8 Å². The maximum atomic E-state index is 11.3. The number of carbonyl (C=O) groups excluding carboxylic acids is 2. The number of aromatic nitrogens is 1. The highest BCUT2D eigenvalue weighted by molar-refractivity contribution is 5.86. The largest absolute Gasteiger partial charge is 0.496 e. The zero-order valence-electron chi connectivity index (χ0n) is 11.6. The Hall–Kier alpha value is -2.51. The molecule has 0 spiro atoms. The van der Waals surface area contributed by atoms with E-state index in [4.69, 9.17) is 14.2 Å². The highest BCUT2D eigenvalue weighted by atomic mass is 16.6. The Labute approximate surface area is 116 Å². The van der Waals surface area contributed by atoms with Crippen molar-refractivity contribution < 1.29 is 23.8 Å². The first-order chi connectivity index (χ1) is 9.58. The molecule has 110 valence electrons. The fourth-order valence-electron chi connectivity index (χ4n) is 1.29. The second-order valence-corrected chi connectivity index (χ2v) is 3.47. The fraction of sp³-hybridized carbons (Fsp3) is 0.417. The van der Waals surface area contributed by atoms with Gasteiger partial charge in [0.15, 0.2) is 0 Å². The lowest BCUT2D eigenvalue weighted by Gasteiger charge is -2.10. The van der Waals surface area contributed by atoms with Crippen molar-refractivity contribution in [3.8, 4) is 5.75 Å². The number of ether oxygens (including phenoxy) is 3. The van der Waals surface area contributed by atoms with Gasteiger partial charge < -0.3 is 14.2 Å². The molecule has 2 amide bonds. The number of nitrogens with one attached hydrogen (secondary N) is 2. The fourth-order valence-corrected chi connectivity index (χ4v) is 1.29. The van der Waals surface area contributed by atoms with Gasteiger partial charge in [-0.05, 0) is 13.8 Å². The number of pyridine rings is 1. The number of amides is 2. The van der Waals surface area contributed by atoms with Crippen LogP contribution in [0.15, 0.2) is 12.1 Å². The minimum absolute atomic E-state index is 0.189. The zero-order chi connectivity index (χ0) is 15.0. The first-order valence-corrected chi connectivity index (χ1v) is 6.02. The molecule has 8 nitrogen and oxygen atoms in total. The van der Waals surface area contributed by atoms with Gasteiger partial charge in [0, 0.05) is 12.1 Å². The van der Waals surface area contributed by atoms with Crippen molar-refractivity contribution in [2.24, 2.45) is 0 Å². The number of rotatable bonds is 5. The van der Waals surface area contributed by atoms with Crippen LogP contribution in [-0.4, -0.2) is 37.5 Å². The average molecular weight is 283 g/mol. The first kappa shape index (κ1) is 15.5.